The van der Waals surface area contributed by atoms with Crippen LogP contribution >= 0.6 is 0 Å². The number of piperidine rings is 2. The highest BCUT2D eigenvalue weighted by Crippen LogP contribution is 2.35. The lowest BCUT2D eigenvalue weighted by molar-refractivity contribution is -0.139. The third kappa shape index (κ3) is 3.77. The molecule has 126 valence electrons. The third-order valence-electron chi connectivity index (χ3n) is 5.87. The molecule has 0 N–H and O–H groups in total. The van der Waals surface area contributed by atoms with Gasteiger partial charge in [0.2, 0.25) is 5.91 Å². The van der Waals surface area contributed by atoms with Gasteiger partial charge in [-0.1, -0.05) is 43.7 Å². The minimum Gasteiger partial charge on any atom is -0.342 e. The van der Waals surface area contributed by atoms with Crippen LogP contribution in [0, 0.1) is 11.8 Å². The zero-order chi connectivity index (χ0) is 16.2. The van der Waals surface area contributed by atoms with Crippen LogP contribution in [-0.2, 0) is 4.79 Å². The number of rotatable bonds is 3. The van der Waals surface area contributed by atoms with Crippen LogP contribution in [0.2, 0.25) is 0 Å². The molecule has 3 heteroatoms. The van der Waals surface area contributed by atoms with E-state index in [9.17, 15) is 4.79 Å². The molecule has 0 radical (unpaired) electrons. The van der Waals surface area contributed by atoms with Crippen LogP contribution in [-0.4, -0.2) is 48.9 Å². The zero-order valence-electron chi connectivity index (χ0n) is 14.6. The number of hydrogen-bond acceptors (Lipinski definition) is 2. The molecule has 2 unspecified atom stereocenters. The van der Waals surface area contributed by atoms with E-state index in [4.69, 9.17) is 0 Å². The fourth-order valence-electron chi connectivity index (χ4n) is 4.30. The molecule has 2 atom stereocenters. The molecule has 1 aromatic carbocycles. The standard InChI is InChI=1S/C20H30N2O/c1-3-16-15-22(20(23)18-9-12-21(2)13-10-18)14-11-19(16)17-7-5-4-6-8-17/h4-8,16,18-19H,3,9-15H2,1-2H3. The van der Waals surface area contributed by atoms with Gasteiger partial charge in [-0.15, -0.1) is 0 Å². The summed E-state index contributed by atoms with van der Waals surface area (Å²) in [6.07, 6.45) is 4.33. The minimum absolute atomic E-state index is 0.261. The molecule has 3 rings (SSSR count). The maximum Gasteiger partial charge on any atom is 0.225 e. The van der Waals surface area contributed by atoms with E-state index in [0.29, 0.717) is 17.7 Å². The summed E-state index contributed by atoms with van der Waals surface area (Å²) in [4.78, 5) is 17.4. The first kappa shape index (κ1) is 16.5. The molecule has 3 nitrogen and oxygen atoms in total. The molecular weight excluding hydrogens is 284 g/mol. The zero-order valence-corrected chi connectivity index (χ0v) is 14.6. The van der Waals surface area contributed by atoms with Crippen LogP contribution in [0.4, 0.5) is 0 Å². The molecule has 1 amide bonds. The van der Waals surface area contributed by atoms with Crippen molar-refractivity contribution in [3.63, 3.8) is 0 Å². The van der Waals surface area contributed by atoms with Gasteiger partial charge in [-0.3, -0.25) is 4.79 Å². The van der Waals surface area contributed by atoms with Crippen molar-refractivity contribution in [2.45, 2.75) is 38.5 Å². The second-order valence-corrected chi connectivity index (χ2v) is 7.34. The normalized spacial score (nSPS) is 27.1. The highest BCUT2D eigenvalue weighted by Gasteiger charge is 2.34. The number of hydrogen-bond donors (Lipinski definition) is 0. The van der Waals surface area contributed by atoms with Crippen LogP contribution in [0.3, 0.4) is 0 Å². The van der Waals surface area contributed by atoms with Crippen molar-refractivity contribution < 1.29 is 4.79 Å². The van der Waals surface area contributed by atoms with E-state index >= 15 is 0 Å². The molecule has 23 heavy (non-hydrogen) atoms. The summed E-state index contributed by atoms with van der Waals surface area (Å²) in [5, 5.41) is 0. The number of carbonyl (C=O) groups is 1. The van der Waals surface area contributed by atoms with Gasteiger partial charge in [0.15, 0.2) is 0 Å². The second kappa shape index (κ2) is 7.48. The summed E-state index contributed by atoms with van der Waals surface area (Å²) in [5.74, 6) is 1.89. The summed E-state index contributed by atoms with van der Waals surface area (Å²) < 4.78 is 0. The molecule has 2 aliphatic heterocycles. The molecule has 2 aliphatic rings. The molecule has 0 aliphatic carbocycles. The number of likely N-dealkylation sites (tertiary alicyclic amines) is 2. The van der Waals surface area contributed by atoms with Crippen molar-refractivity contribution in [2.24, 2.45) is 11.8 Å². The van der Waals surface area contributed by atoms with Crippen LogP contribution in [0.15, 0.2) is 30.3 Å². The third-order valence-corrected chi connectivity index (χ3v) is 5.87. The first-order chi connectivity index (χ1) is 11.2. The lowest BCUT2D eigenvalue weighted by Gasteiger charge is -2.41. The van der Waals surface area contributed by atoms with Crippen LogP contribution in [0.25, 0.3) is 0 Å². The van der Waals surface area contributed by atoms with Crippen molar-refractivity contribution in [1.82, 2.24) is 9.80 Å². The number of amides is 1. The van der Waals surface area contributed by atoms with Gasteiger partial charge >= 0.3 is 0 Å². The predicted octanol–water partition coefficient (Wildman–Crippen LogP) is 3.37. The molecule has 2 fully saturated rings. The Bertz CT molecular complexity index is 508. The van der Waals surface area contributed by atoms with E-state index in [1.54, 1.807) is 0 Å². The van der Waals surface area contributed by atoms with Gasteiger partial charge in [0.1, 0.15) is 0 Å². The molecular formula is C20H30N2O. The first-order valence-electron chi connectivity index (χ1n) is 9.21. The summed E-state index contributed by atoms with van der Waals surface area (Å²) in [5.41, 5.74) is 1.45. The van der Waals surface area contributed by atoms with Gasteiger partial charge in [-0.2, -0.15) is 0 Å². The Kier molecular flexibility index (Phi) is 5.37. The fraction of sp³-hybridized carbons (Fsp3) is 0.650. The van der Waals surface area contributed by atoms with E-state index in [2.05, 4.69) is 54.1 Å². The smallest absolute Gasteiger partial charge is 0.225 e. The summed E-state index contributed by atoms with van der Waals surface area (Å²) in [6, 6.07) is 10.9. The fourth-order valence-corrected chi connectivity index (χ4v) is 4.30. The van der Waals surface area contributed by atoms with Gasteiger partial charge in [0, 0.05) is 19.0 Å². The van der Waals surface area contributed by atoms with Crippen molar-refractivity contribution in [1.29, 1.82) is 0 Å². The lowest BCUT2D eigenvalue weighted by atomic mass is 9.78. The Hall–Kier alpha value is -1.35. The van der Waals surface area contributed by atoms with Crippen molar-refractivity contribution >= 4 is 5.91 Å². The monoisotopic (exact) mass is 314 g/mol. The Labute approximate surface area is 140 Å². The van der Waals surface area contributed by atoms with E-state index in [-0.39, 0.29) is 5.92 Å². The van der Waals surface area contributed by atoms with Crippen molar-refractivity contribution in [3.8, 4) is 0 Å². The molecule has 0 spiro atoms. The second-order valence-electron chi connectivity index (χ2n) is 7.34. The summed E-state index contributed by atoms with van der Waals surface area (Å²) >= 11 is 0. The van der Waals surface area contributed by atoms with Gasteiger partial charge in [0.05, 0.1) is 0 Å². The number of benzene rings is 1. The van der Waals surface area contributed by atoms with Crippen molar-refractivity contribution in [3.05, 3.63) is 35.9 Å². The van der Waals surface area contributed by atoms with E-state index < -0.39 is 0 Å². The number of carbonyl (C=O) groups excluding carboxylic acids is 1. The molecule has 0 saturated carbocycles. The Morgan fingerprint density at radius 2 is 1.78 bits per heavy atom. The highest BCUT2D eigenvalue weighted by atomic mass is 16.2. The Morgan fingerprint density at radius 1 is 1.09 bits per heavy atom. The summed E-state index contributed by atoms with van der Waals surface area (Å²) in [7, 11) is 2.15. The highest BCUT2D eigenvalue weighted by molar-refractivity contribution is 5.79. The largest absolute Gasteiger partial charge is 0.342 e. The average Bonchev–Trinajstić information content (AvgIpc) is 2.62. The SMILES string of the molecule is CCC1CN(C(=O)C2CCN(C)CC2)CCC1c1ccccc1. The van der Waals surface area contributed by atoms with Gasteiger partial charge < -0.3 is 9.80 Å². The van der Waals surface area contributed by atoms with Crippen LogP contribution < -0.4 is 0 Å². The molecule has 0 aromatic heterocycles. The van der Waals surface area contributed by atoms with E-state index in [0.717, 1.165) is 51.9 Å². The van der Waals surface area contributed by atoms with Crippen LogP contribution in [0.1, 0.15) is 44.1 Å². The van der Waals surface area contributed by atoms with E-state index in [1.807, 2.05) is 0 Å². The maximum absolute atomic E-state index is 12.9. The maximum atomic E-state index is 12.9. The average molecular weight is 314 g/mol. The Balaban J connectivity index is 1.63. The van der Waals surface area contributed by atoms with E-state index in [1.165, 1.54) is 5.56 Å². The van der Waals surface area contributed by atoms with Gasteiger partial charge in [0.25, 0.3) is 0 Å². The Morgan fingerprint density at radius 3 is 2.43 bits per heavy atom. The molecule has 2 saturated heterocycles. The first-order valence-corrected chi connectivity index (χ1v) is 9.21. The quantitative estimate of drug-likeness (QED) is 0.854. The minimum atomic E-state index is 0.261. The van der Waals surface area contributed by atoms with Gasteiger partial charge in [-0.05, 0) is 56.8 Å². The number of nitrogens with zero attached hydrogens (tertiary/aromatic N) is 2. The van der Waals surface area contributed by atoms with Gasteiger partial charge in [-0.25, -0.2) is 0 Å². The van der Waals surface area contributed by atoms with Crippen LogP contribution in [0.5, 0.6) is 0 Å². The lowest BCUT2D eigenvalue weighted by Crippen LogP contribution is -2.47. The molecule has 1 aromatic rings. The van der Waals surface area contributed by atoms with Crippen molar-refractivity contribution in [2.75, 3.05) is 33.2 Å². The predicted molar refractivity (Wildman–Crippen MR) is 94.4 cm³/mol. The topological polar surface area (TPSA) is 23.6 Å². The molecule has 0 bridgehead atoms. The molecule has 2 heterocycles. The summed E-state index contributed by atoms with van der Waals surface area (Å²) in [6.45, 7) is 6.27.